The molecule has 228 valence electrons. The summed E-state index contributed by atoms with van der Waals surface area (Å²) in [6.45, 7) is 2.86. The Labute approximate surface area is 248 Å². The zero-order valence-electron chi connectivity index (χ0n) is 23.8. The number of hydrogen-bond donors (Lipinski definition) is 1. The SMILES string of the molecule is CN(CCOCCOCCOCCNc1ccc([N+](=O)[O-])cc1[N+](=O)[O-])C(=O)OCC1c2ccccc2-c2ccccc21. The number of hydrogen-bond acceptors (Lipinski definition) is 10. The Morgan fingerprint density at radius 2 is 1.40 bits per heavy atom. The van der Waals surface area contributed by atoms with Crippen molar-refractivity contribution >= 4 is 23.2 Å². The van der Waals surface area contributed by atoms with E-state index >= 15 is 0 Å². The third-order valence-electron chi connectivity index (χ3n) is 6.91. The quantitative estimate of drug-likeness (QED) is 0.130. The minimum Gasteiger partial charge on any atom is -0.448 e. The van der Waals surface area contributed by atoms with E-state index < -0.39 is 15.9 Å². The number of anilines is 1. The van der Waals surface area contributed by atoms with Crippen LogP contribution in [0.2, 0.25) is 0 Å². The minimum atomic E-state index is -0.684. The summed E-state index contributed by atoms with van der Waals surface area (Å²) in [5.41, 5.74) is 4.15. The monoisotopic (exact) mass is 594 g/mol. The van der Waals surface area contributed by atoms with Gasteiger partial charge in [-0.05, 0) is 28.3 Å². The molecule has 0 aromatic heterocycles. The molecule has 0 aliphatic heterocycles. The fraction of sp³-hybridized carbons (Fsp3) is 0.367. The molecule has 1 amide bonds. The molecule has 0 spiro atoms. The van der Waals surface area contributed by atoms with Crippen LogP contribution in [0.25, 0.3) is 11.1 Å². The van der Waals surface area contributed by atoms with Crippen molar-refractivity contribution in [2.45, 2.75) is 5.92 Å². The molecule has 1 aliphatic carbocycles. The number of ether oxygens (including phenoxy) is 4. The lowest BCUT2D eigenvalue weighted by atomic mass is 9.98. The molecule has 0 radical (unpaired) electrons. The first-order chi connectivity index (χ1) is 20.9. The Hall–Kier alpha value is -4.59. The smallest absolute Gasteiger partial charge is 0.409 e. The average Bonchev–Trinajstić information content (AvgIpc) is 3.33. The molecule has 1 aliphatic rings. The number of non-ortho nitro benzene ring substituents is 1. The van der Waals surface area contributed by atoms with Crippen molar-refractivity contribution < 1.29 is 33.6 Å². The third kappa shape index (κ3) is 8.47. The molecule has 3 aromatic rings. The van der Waals surface area contributed by atoms with Gasteiger partial charge in [-0.15, -0.1) is 0 Å². The lowest BCUT2D eigenvalue weighted by Gasteiger charge is -2.19. The molecule has 0 bridgehead atoms. The van der Waals surface area contributed by atoms with Gasteiger partial charge in [-0.25, -0.2) is 4.79 Å². The van der Waals surface area contributed by atoms with Crippen molar-refractivity contribution in [2.24, 2.45) is 0 Å². The van der Waals surface area contributed by atoms with Gasteiger partial charge in [0.2, 0.25) is 0 Å². The van der Waals surface area contributed by atoms with Crippen molar-refractivity contribution in [1.29, 1.82) is 0 Å². The first kappa shape index (κ1) is 31.3. The largest absolute Gasteiger partial charge is 0.448 e. The fourth-order valence-electron chi connectivity index (χ4n) is 4.73. The molecule has 13 nitrogen and oxygen atoms in total. The van der Waals surface area contributed by atoms with Gasteiger partial charge < -0.3 is 29.2 Å². The Morgan fingerprint density at radius 1 is 0.814 bits per heavy atom. The lowest BCUT2D eigenvalue weighted by Crippen LogP contribution is -2.32. The zero-order chi connectivity index (χ0) is 30.6. The number of amides is 1. The van der Waals surface area contributed by atoms with E-state index in [0.29, 0.717) is 39.6 Å². The van der Waals surface area contributed by atoms with E-state index in [-0.39, 0.29) is 42.7 Å². The molecule has 4 rings (SSSR count). The van der Waals surface area contributed by atoms with Crippen LogP contribution in [0.3, 0.4) is 0 Å². The maximum Gasteiger partial charge on any atom is 0.409 e. The van der Waals surface area contributed by atoms with E-state index in [1.54, 1.807) is 7.05 Å². The molecule has 0 atom stereocenters. The maximum absolute atomic E-state index is 12.6. The predicted octanol–water partition coefficient (Wildman–Crippen LogP) is 4.85. The molecule has 1 N–H and O–H groups in total. The summed E-state index contributed by atoms with van der Waals surface area (Å²) >= 11 is 0. The predicted molar refractivity (Wildman–Crippen MR) is 158 cm³/mol. The first-order valence-corrected chi connectivity index (χ1v) is 13.8. The van der Waals surface area contributed by atoms with Crippen LogP contribution in [0.5, 0.6) is 0 Å². The number of nitro benzene ring substituents is 2. The van der Waals surface area contributed by atoms with Crippen LogP contribution in [-0.2, 0) is 18.9 Å². The van der Waals surface area contributed by atoms with Crippen molar-refractivity contribution in [3.8, 4) is 11.1 Å². The molecule has 13 heteroatoms. The Kier molecular flexibility index (Phi) is 11.4. The van der Waals surface area contributed by atoms with Gasteiger partial charge in [0.05, 0.1) is 55.6 Å². The number of nitrogens with one attached hydrogen (secondary N) is 1. The summed E-state index contributed by atoms with van der Waals surface area (Å²) in [6.07, 6.45) is -0.406. The number of carbonyl (C=O) groups excluding carboxylic acids is 1. The van der Waals surface area contributed by atoms with Crippen LogP contribution in [-0.4, -0.2) is 87.2 Å². The molecule has 0 heterocycles. The van der Waals surface area contributed by atoms with Gasteiger partial charge in [-0.2, -0.15) is 0 Å². The van der Waals surface area contributed by atoms with E-state index in [2.05, 4.69) is 29.6 Å². The van der Waals surface area contributed by atoms with Crippen molar-refractivity contribution in [3.63, 3.8) is 0 Å². The summed E-state index contributed by atoms with van der Waals surface area (Å²) in [7, 11) is 1.67. The first-order valence-electron chi connectivity index (χ1n) is 13.8. The number of rotatable bonds is 17. The van der Waals surface area contributed by atoms with E-state index in [9.17, 15) is 25.0 Å². The molecule has 0 fully saturated rings. The van der Waals surface area contributed by atoms with Gasteiger partial charge in [0.25, 0.3) is 11.4 Å². The van der Waals surface area contributed by atoms with Gasteiger partial charge in [0.1, 0.15) is 12.3 Å². The van der Waals surface area contributed by atoms with Gasteiger partial charge in [0.15, 0.2) is 0 Å². The second-order valence-corrected chi connectivity index (χ2v) is 9.71. The maximum atomic E-state index is 12.6. The highest BCUT2D eigenvalue weighted by Gasteiger charge is 2.29. The normalized spacial score (nSPS) is 11.9. The molecule has 3 aromatic carbocycles. The summed E-state index contributed by atoms with van der Waals surface area (Å²) in [5, 5.41) is 24.8. The summed E-state index contributed by atoms with van der Waals surface area (Å²) in [5.74, 6) is 0.00915. The van der Waals surface area contributed by atoms with Crippen molar-refractivity contribution in [3.05, 3.63) is 98.1 Å². The van der Waals surface area contributed by atoms with Crippen LogP contribution < -0.4 is 5.32 Å². The molecular weight excluding hydrogens is 560 g/mol. The third-order valence-corrected chi connectivity index (χ3v) is 6.91. The van der Waals surface area contributed by atoms with Crippen LogP contribution in [0.4, 0.5) is 21.9 Å². The second kappa shape index (κ2) is 15.6. The Bertz CT molecular complexity index is 1370. The molecule has 0 unspecified atom stereocenters. The van der Waals surface area contributed by atoms with Gasteiger partial charge >= 0.3 is 6.09 Å². The van der Waals surface area contributed by atoms with Gasteiger partial charge in [-0.3, -0.25) is 20.2 Å². The van der Waals surface area contributed by atoms with Gasteiger partial charge in [-0.1, -0.05) is 48.5 Å². The highest BCUT2D eigenvalue weighted by Crippen LogP contribution is 2.44. The zero-order valence-corrected chi connectivity index (χ0v) is 23.8. The number of carbonyl (C=O) groups is 1. The number of fused-ring (bicyclic) bond motifs is 3. The van der Waals surface area contributed by atoms with E-state index in [0.717, 1.165) is 17.2 Å². The standard InChI is InChI=1S/C30H34N4O9/c1-32(30(35)43-21-27-25-8-4-2-6-23(25)24-7-3-5-9-26(24)27)13-15-41-17-19-42-18-16-40-14-12-31-28-11-10-22(33(36)37)20-29(28)34(38)39/h2-11,20,27,31H,12-19,21H2,1H3. The van der Waals surface area contributed by atoms with Crippen LogP contribution in [0, 0.1) is 20.2 Å². The summed E-state index contributed by atoms with van der Waals surface area (Å²) < 4.78 is 22.1. The van der Waals surface area contributed by atoms with Gasteiger partial charge in [0, 0.05) is 32.1 Å². The fourth-order valence-corrected chi connectivity index (χ4v) is 4.73. The Balaban J connectivity index is 1.02. The molecular formula is C30H34N4O9. The topological polar surface area (TPSA) is 156 Å². The van der Waals surface area contributed by atoms with Crippen molar-refractivity contribution in [1.82, 2.24) is 4.90 Å². The highest BCUT2D eigenvalue weighted by molar-refractivity contribution is 5.79. The lowest BCUT2D eigenvalue weighted by molar-refractivity contribution is -0.393. The minimum absolute atomic E-state index is 0.00915. The number of nitro groups is 2. The molecule has 0 saturated carbocycles. The van der Waals surface area contributed by atoms with Crippen molar-refractivity contribution in [2.75, 3.05) is 71.7 Å². The van der Waals surface area contributed by atoms with Crippen LogP contribution in [0.1, 0.15) is 17.0 Å². The van der Waals surface area contributed by atoms with E-state index in [4.69, 9.17) is 18.9 Å². The summed E-state index contributed by atoms with van der Waals surface area (Å²) in [6, 6.07) is 19.8. The average molecular weight is 595 g/mol. The number of nitrogens with zero attached hydrogens (tertiary/aromatic N) is 3. The van der Waals surface area contributed by atoms with Crippen LogP contribution >= 0.6 is 0 Å². The van der Waals surface area contributed by atoms with Crippen LogP contribution in [0.15, 0.2) is 66.7 Å². The Morgan fingerprint density at radius 3 is 2.00 bits per heavy atom. The molecule has 0 saturated heterocycles. The summed E-state index contributed by atoms with van der Waals surface area (Å²) in [4.78, 5) is 34.7. The number of benzene rings is 3. The second-order valence-electron chi connectivity index (χ2n) is 9.71. The van der Waals surface area contributed by atoms with E-state index in [1.807, 2.05) is 24.3 Å². The van der Waals surface area contributed by atoms with E-state index in [1.165, 1.54) is 28.2 Å². The highest BCUT2D eigenvalue weighted by atomic mass is 16.6. The molecule has 43 heavy (non-hydrogen) atoms. The number of likely N-dealkylation sites (N-methyl/N-ethyl adjacent to an activating group) is 1.